The van der Waals surface area contributed by atoms with Crippen molar-refractivity contribution in [3.05, 3.63) is 23.5 Å². The molecular formula is C12H16O5. The van der Waals surface area contributed by atoms with Crippen LogP contribution in [0.25, 0.3) is 0 Å². The summed E-state index contributed by atoms with van der Waals surface area (Å²) < 4.78 is 15.3. The van der Waals surface area contributed by atoms with Gasteiger partial charge in [-0.15, -0.1) is 0 Å². The molecule has 17 heavy (non-hydrogen) atoms. The Balaban J connectivity index is 2.27. The Hall–Kier alpha value is -1.33. The zero-order chi connectivity index (χ0) is 12.4. The van der Waals surface area contributed by atoms with Crippen LogP contribution in [0.15, 0.2) is 23.5 Å². The number of carbonyl (C=O) groups is 1. The third-order valence-electron chi connectivity index (χ3n) is 3.35. The highest BCUT2D eigenvalue weighted by atomic mass is 16.7. The second kappa shape index (κ2) is 4.89. The molecule has 0 aromatic carbocycles. The molecule has 0 saturated heterocycles. The second-order valence-corrected chi connectivity index (χ2v) is 4.11. The highest BCUT2D eigenvalue weighted by Gasteiger charge is 2.44. The van der Waals surface area contributed by atoms with E-state index in [9.17, 15) is 9.90 Å². The van der Waals surface area contributed by atoms with Crippen LogP contribution in [-0.4, -0.2) is 38.2 Å². The van der Waals surface area contributed by atoms with E-state index in [1.807, 2.05) is 6.08 Å². The van der Waals surface area contributed by atoms with Gasteiger partial charge < -0.3 is 19.3 Å². The fraction of sp³-hybridized carbons (Fsp3) is 0.583. The molecule has 3 atom stereocenters. The van der Waals surface area contributed by atoms with E-state index in [4.69, 9.17) is 14.2 Å². The molecule has 1 aliphatic carbocycles. The summed E-state index contributed by atoms with van der Waals surface area (Å²) in [5, 5.41) is 9.29. The van der Waals surface area contributed by atoms with Crippen molar-refractivity contribution in [1.82, 2.24) is 0 Å². The van der Waals surface area contributed by atoms with Crippen LogP contribution >= 0.6 is 0 Å². The first kappa shape index (κ1) is 12.1. The van der Waals surface area contributed by atoms with Gasteiger partial charge in [0.25, 0.3) is 0 Å². The summed E-state index contributed by atoms with van der Waals surface area (Å²) in [6.07, 6.45) is 3.60. The van der Waals surface area contributed by atoms with Crippen LogP contribution in [0.2, 0.25) is 0 Å². The maximum atomic E-state index is 11.6. The van der Waals surface area contributed by atoms with Gasteiger partial charge in [-0.2, -0.15) is 0 Å². The van der Waals surface area contributed by atoms with E-state index in [0.29, 0.717) is 12.0 Å². The van der Waals surface area contributed by atoms with Gasteiger partial charge in [-0.3, -0.25) is 0 Å². The van der Waals surface area contributed by atoms with Gasteiger partial charge >= 0.3 is 5.97 Å². The number of allylic oxidation sites excluding steroid dienone is 1. The fourth-order valence-corrected chi connectivity index (χ4v) is 2.51. The largest absolute Gasteiger partial charge is 0.471 e. The van der Waals surface area contributed by atoms with Crippen LogP contribution in [0.5, 0.6) is 0 Å². The molecule has 1 aliphatic heterocycles. The normalized spacial score (nSPS) is 31.1. The predicted molar refractivity (Wildman–Crippen MR) is 58.7 cm³/mol. The molecule has 0 radical (unpaired) electrons. The van der Waals surface area contributed by atoms with Crippen molar-refractivity contribution in [2.24, 2.45) is 11.8 Å². The van der Waals surface area contributed by atoms with Gasteiger partial charge in [0.2, 0.25) is 6.29 Å². The van der Waals surface area contributed by atoms with E-state index in [1.165, 1.54) is 13.4 Å². The predicted octanol–water partition coefficient (Wildman–Crippen LogP) is 0.601. The van der Waals surface area contributed by atoms with E-state index in [0.717, 1.165) is 5.57 Å². The zero-order valence-electron chi connectivity index (χ0n) is 9.88. The molecule has 0 bridgehead atoms. The summed E-state index contributed by atoms with van der Waals surface area (Å²) >= 11 is 0. The summed E-state index contributed by atoms with van der Waals surface area (Å²) in [4.78, 5) is 11.6. The standard InChI is InChI=1S/C12H16O5/c1-15-11(14)9-6-17-12(16-2)10-7(5-13)3-4-8(9)10/h3,6,8,10,12-13H,4-5H2,1-2H3/t8-,10-,12?/m1/s1. The minimum Gasteiger partial charge on any atom is -0.471 e. The lowest BCUT2D eigenvalue weighted by atomic mass is 9.83. The van der Waals surface area contributed by atoms with Crippen molar-refractivity contribution in [2.45, 2.75) is 12.7 Å². The van der Waals surface area contributed by atoms with Crippen LogP contribution < -0.4 is 0 Å². The summed E-state index contributed by atoms with van der Waals surface area (Å²) in [6, 6.07) is 0. The maximum absolute atomic E-state index is 11.6. The Morgan fingerprint density at radius 1 is 1.59 bits per heavy atom. The highest BCUT2D eigenvalue weighted by molar-refractivity contribution is 5.89. The zero-order valence-corrected chi connectivity index (χ0v) is 9.88. The molecule has 2 rings (SSSR count). The molecule has 0 amide bonds. The molecule has 0 fully saturated rings. The van der Waals surface area contributed by atoms with Crippen molar-refractivity contribution >= 4 is 5.97 Å². The van der Waals surface area contributed by atoms with Gasteiger partial charge in [0.05, 0.1) is 31.5 Å². The molecule has 0 spiro atoms. The molecule has 5 heteroatoms. The summed E-state index contributed by atoms with van der Waals surface area (Å²) in [6.45, 7) is -0.0428. The molecule has 1 unspecified atom stereocenters. The number of aliphatic hydroxyl groups is 1. The molecule has 0 saturated carbocycles. The number of hydrogen-bond acceptors (Lipinski definition) is 5. The number of fused-ring (bicyclic) bond motifs is 1. The Kier molecular flexibility index (Phi) is 3.49. The average Bonchev–Trinajstić information content (AvgIpc) is 2.80. The quantitative estimate of drug-likeness (QED) is 0.578. The summed E-state index contributed by atoms with van der Waals surface area (Å²) in [5.74, 6) is -0.519. The molecule has 94 valence electrons. The van der Waals surface area contributed by atoms with Crippen LogP contribution in [0, 0.1) is 11.8 Å². The first-order chi connectivity index (χ1) is 8.22. The summed E-state index contributed by atoms with van der Waals surface area (Å²) in [7, 11) is 2.89. The van der Waals surface area contributed by atoms with Gasteiger partial charge in [-0.1, -0.05) is 6.08 Å². The van der Waals surface area contributed by atoms with Crippen molar-refractivity contribution in [2.75, 3.05) is 20.8 Å². The molecule has 1 heterocycles. The van der Waals surface area contributed by atoms with Crippen molar-refractivity contribution in [3.8, 4) is 0 Å². The third-order valence-corrected chi connectivity index (χ3v) is 3.35. The maximum Gasteiger partial charge on any atom is 0.337 e. The van der Waals surface area contributed by atoms with E-state index in [1.54, 1.807) is 7.11 Å². The van der Waals surface area contributed by atoms with E-state index >= 15 is 0 Å². The number of esters is 1. The lowest BCUT2D eigenvalue weighted by Gasteiger charge is -2.33. The first-order valence-electron chi connectivity index (χ1n) is 5.49. The lowest BCUT2D eigenvalue weighted by Crippen LogP contribution is -2.36. The van der Waals surface area contributed by atoms with Crippen LogP contribution in [0.4, 0.5) is 0 Å². The van der Waals surface area contributed by atoms with E-state index in [2.05, 4.69) is 0 Å². The lowest BCUT2D eigenvalue weighted by molar-refractivity contribution is -0.146. The SMILES string of the molecule is COC(=O)C1=COC(OC)[C@@H]2C(CO)=CC[C@H]12. The molecule has 1 N–H and O–H groups in total. The Morgan fingerprint density at radius 2 is 2.35 bits per heavy atom. The number of aliphatic hydroxyl groups excluding tert-OH is 1. The molecule has 5 nitrogen and oxygen atoms in total. The second-order valence-electron chi connectivity index (χ2n) is 4.11. The van der Waals surface area contributed by atoms with E-state index in [-0.39, 0.29) is 24.4 Å². The molecule has 2 aliphatic rings. The van der Waals surface area contributed by atoms with Gasteiger partial charge in [0, 0.05) is 13.0 Å². The number of hydrogen-bond donors (Lipinski definition) is 1. The van der Waals surface area contributed by atoms with Crippen molar-refractivity contribution in [3.63, 3.8) is 0 Å². The van der Waals surface area contributed by atoms with Crippen molar-refractivity contribution < 1.29 is 24.1 Å². The molecule has 0 aromatic heterocycles. The van der Waals surface area contributed by atoms with Gasteiger partial charge in [-0.05, 0) is 12.0 Å². The number of methoxy groups -OCH3 is 2. The van der Waals surface area contributed by atoms with E-state index < -0.39 is 6.29 Å². The monoisotopic (exact) mass is 240 g/mol. The minimum atomic E-state index is -0.450. The molecule has 0 aromatic rings. The first-order valence-corrected chi connectivity index (χ1v) is 5.49. The Labute approximate surface area is 99.7 Å². The number of carbonyl (C=O) groups excluding carboxylic acids is 1. The smallest absolute Gasteiger partial charge is 0.337 e. The minimum absolute atomic E-state index is 0.0247. The number of rotatable bonds is 3. The summed E-state index contributed by atoms with van der Waals surface area (Å²) in [5.41, 5.74) is 1.36. The fourth-order valence-electron chi connectivity index (χ4n) is 2.51. The van der Waals surface area contributed by atoms with Gasteiger partial charge in [-0.25, -0.2) is 4.79 Å². The van der Waals surface area contributed by atoms with Crippen molar-refractivity contribution in [1.29, 1.82) is 0 Å². The van der Waals surface area contributed by atoms with Gasteiger partial charge in [0.1, 0.15) is 0 Å². The Morgan fingerprint density at radius 3 is 2.94 bits per heavy atom. The average molecular weight is 240 g/mol. The van der Waals surface area contributed by atoms with Crippen LogP contribution in [-0.2, 0) is 19.0 Å². The van der Waals surface area contributed by atoms with Crippen LogP contribution in [0.3, 0.4) is 0 Å². The molecular weight excluding hydrogens is 224 g/mol. The third kappa shape index (κ3) is 1.96. The van der Waals surface area contributed by atoms with Gasteiger partial charge in [0.15, 0.2) is 0 Å². The highest BCUT2D eigenvalue weighted by Crippen LogP contribution is 2.43. The topological polar surface area (TPSA) is 65.0 Å². The Bertz CT molecular complexity index is 371. The number of ether oxygens (including phenoxy) is 3. The van der Waals surface area contributed by atoms with Crippen LogP contribution in [0.1, 0.15) is 6.42 Å².